The van der Waals surface area contributed by atoms with Gasteiger partial charge in [-0.3, -0.25) is 0 Å². The lowest BCUT2D eigenvalue weighted by atomic mass is 9.98. The molecule has 0 bridgehead atoms. The van der Waals surface area contributed by atoms with Crippen LogP contribution in [-0.4, -0.2) is 27.1 Å². The standard InChI is InChI=1S/C6H11BrO3/c1-2-6(10,3-4-7)5(8)9/h10H,2-4H2,1H3,(H,8,9)/t6-/m1/s1. The van der Waals surface area contributed by atoms with Gasteiger partial charge in [0, 0.05) is 5.33 Å². The second kappa shape index (κ2) is 3.93. The third-order valence-corrected chi connectivity index (χ3v) is 1.89. The van der Waals surface area contributed by atoms with Gasteiger partial charge in [0.25, 0.3) is 0 Å². The van der Waals surface area contributed by atoms with E-state index in [-0.39, 0.29) is 12.8 Å². The van der Waals surface area contributed by atoms with Crippen molar-refractivity contribution in [3.05, 3.63) is 0 Å². The highest BCUT2D eigenvalue weighted by Crippen LogP contribution is 2.15. The number of aliphatic carboxylic acids is 1. The van der Waals surface area contributed by atoms with Gasteiger partial charge in [-0.15, -0.1) is 0 Å². The lowest BCUT2D eigenvalue weighted by Gasteiger charge is -2.19. The van der Waals surface area contributed by atoms with Crippen LogP contribution in [0.25, 0.3) is 0 Å². The first-order valence-electron chi connectivity index (χ1n) is 3.08. The molecular weight excluding hydrogens is 200 g/mol. The molecule has 2 N–H and O–H groups in total. The Hall–Kier alpha value is -0.0900. The van der Waals surface area contributed by atoms with Gasteiger partial charge in [0.05, 0.1) is 0 Å². The second-order valence-corrected chi connectivity index (χ2v) is 2.92. The van der Waals surface area contributed by atoms with Gasteiger partial charge in [0.1, 0.15) is 0 Å². The molecule has 0 saturated carbocycles. The van der Waals surface area contributed by atoms with E-state index in [4.69, 9.17) is 5.11 Å². The van der Waals surface area contributed by atoms with E-state index in [1.807, 2.05) is 0 Å². The zero-order chi connectivity index (χ0) is 8.20. The molecule has 0 fully saturated rings. The van der Waals surface area contributed by atoms with Gasteiger partial charge in [0.2, 0.25) is 0 Å². The Bertz CT molecular complexity index is 126. The van der Waals surface area contributed by atoms with Gasteiger partial charge in [-0.1, -0.05) is 22.9 Å². The molecule has 0 aromatic rings. The Balaban J connectivity index is 4.08. The molecule has 0 spiro atoms. The molecule has 0 aliphatic rings. The zero-order valence-electron chi connectivity index (χ0n) is 5.80. The van der Waals surface area contributed by atoms with Crippen LogP contribution in [0.15, 0.2) is 0 Å². The summed E-state index contributed by atoms with van der Waals surface area (Å²) in [7, 11) is 0. The molecule has 1 atom stereocenters. The first-order valence-corrected chi connectivity index (χ1v) is 4.20. The SMILES string of the molecule is CC[C@@](O)(CCBr)C(=O)O. The summed E-state index contributed by atoms with van der Waals surface area (Å²) in [4.78, 5) is 10.4. The Morgan fingerprint density at radius 2 is 2.20 bits per heavy atom. The quantitative estimate of drug-likeness (QED) is 0.682. The smallest absolute Gasteiger partial charge is 0.335 e. The summed E-state index contributed by atoms with van der Waals surface area (Å²) < 4.78 is 0. The van der Waals surface area contributed by atoms with Crippen molar-refractivity contribution in [3.63, 3.8) is 0 Å². The summed E-state index contributed by atoms with van der Waals surface area (Å²) in [5.74, 6) is -1.14. The summed E-state index contributed by atoms with van der Waals surface area (Å²) in [6.07, 6.45) is 0.493. The first-order chi connectivity index (χ1) is 4.56. The third kappa shape index (κ3) is 2.27. The van der Waals surface area contributed by atoms with Gasteiger partial charge >= 0.3 is 5.97 Å². The molecule has 0 amide bonds. The number of hydrogen-bond donors (Lipinski definition) is 2. The van der Waals surface area contributed by atoms with Crippen molar-refractivity contribution in [2.45, 2.75) is 25.4 Å². The Labute approximate surface area is 68.2 Å². The fourth-order valence-electron chi connectivity index (χ4n) is 0.591. The van der Waals surface area contributed by atoms with E-state index in [9.17, 15) is 9.90 Å². The summed E-state index contributed by atoms with van der Waals surface area (Å²) in [6, 6.07) is 0. The van der Waals surface area contributed by atoms with Gasteiger partial charge < -0.3 is 10.2 Å². The Kier molecular flexibility index (Phi) is 3.89. The Morgan fingerprint density at radius 1 is 1.70 bits per heavy atom. The number of carboxylic acids is 1. The van der Waals surface area contributed by atoms with Gasteiger partial charge in [-0.05, 0) is 12.8 Å². The van der Waals surface area contributed by atoms with E-state index in [1.165, 1.54) is 0 Å². The van der Waals surface area contributed by atoms with E-state index < -0.39 is 11.6 Å². The normalized spacial score (nSPS) is 16.3. The minimum atomic E-state index is -1.54. The van der Waals surface area contributed by atoms with Crippen molar-refractivity contribution in [2.75, 3.05) is 5.33 Å². The number of aliphatic hydroxyl groups is 1. The van der Waals surface area contributed by atoms with Crippen LogP contribution in [-0.2, 0) is 4.79 Å². The van der Waals surface area contributed by atoms with Crippen molar-refractivity contribution in [1.82, 2.24) is 0 Å². The first kappa shape index (κ1) is 9.91. The Morgan fingerprint density at radius 3 is 2.30 bits per heavy atom. The molecule has 4 heteroatoms. The zero-order valence-corrected chi connectivity index (χ0v) is 7.39. The van der Waals surface area contributed by atoms with Crippen LogP contribution in [0.1, 0.15) is 19.8 Å². The highest BCUT2D eigenvalue weighted by molar-refractivity contribution is 9.09. The van der Waals surface area contributed by atoms with E-state index in [1.54, 1.807) is 6.92 Å². The van der Waals surface area contributed by atoms with Crippen molar-refractivity contribution in [1.29, 1.82) is 0 Å². The minimum absolute atomic E-state index is 0.244. The molecular formula is C6H11BrO3. The van der Waals surface area contributed by atoms with E-state index >= 15 is 0 Å². The molecule has 0 aromatic carbocycles. The van der Waals surface area contributed by atoms with Crippen molar-refractivity contribution < 1.29 is 15.0 Å². The maximum atomic E-state index is 10.4. The molecule has 0 aliphatic heterocycles. The molecule has 60 valence electrons. The highest BCUT2D eigenvalue weighted by Gasteiger charge is 2.32. The van der Waals surface area contributed by atoms with E-state index in [0.717, 1.165) is 0 Å². The molecule has 0 unspecified atom stereocenters. The second-order valence-electron chi connectivity index (χ2n) is 2.13. The number of carboxylic acid groups (broad SMARTS) is 1. The van der Waals surface area contributed by atoms with Crippen LogP contribution in [0.4, 0.5) is 0 Å². The summed E-state index contributed by atoms with van der Waals surface area (Å²) in [6.45, 7) is 1.65. The largest absolute Gasteiger partial charge is 0.479 e. The molecule has 0 rings (SSSR count). The number of rotatable bonds is 4. The van der Waals surface area contributed by atoms with E-state index in [0.29, 0.717) is 5.33 Å². The maximum absolute atomic E-state index is 10.4. The molecule has 0 aromatic heterocycles. The molecule has 0 aliphatic carbocycles. The van der Waals surface area contributed by atoms with Crippen LogP contribution in [0, 0.1) is 0 Å². The number of carbonyl (C=O) groups is 1. The van der Waals surface area contributed by atoms with Gasteiger partial charge in [-0.2, -0.15) is 0 Å². The summed E-state index contributed by atoms with van der Waals surface area (Å²) in [5, 5.41) is 18.3. The third-order valence-electron chi connectivity index (χ3n) is 1.49. The van der Waals surface area contributed by atoms with Gasteiger partial charge in [-0.25, -0.2) is 4.79 Å². The van der Waals surface area contributed by atoms with Crippen LogP contribution in [0.5, 0.6) is 0 Å². The number of halogens is 1. The lowest BCUT2D eigenvalue weighted by Crippen LogP contribution is -2.38. The predicted octanol–water partition coefficient (Wildman–Crippen LogP) is 0.997. The summed E-state index contributed by atoms with van der Waals surface area (Å²) in [5.41, 5.74) is -1.54. The van der Waals surface area contributed by atoms with Crippen LogP contribution < -0.4 is 0 Å². The number of hydrogen-bond acceptors (Lipinski definition) is 2. The predicted molar refractivity (Wildman–Crippen MR) is 41.3 cm³/mol. The number of alkyl halides is 1. The van der Waals surface area contributed by atoms with Crippen molar-refractivity contribution >= 4 is 21.9 Å². The molecule has 10 heavy (non-hydrogen) atoms. The molecule has 0 radical (unpaired) electrons. The lowest BCUT2D eigenvalue weighted by molar-refractivity contribution is -0.158. The average Bonchev–Trinajstić information content (AvgIpc) is 1.88. The van der Waals surface area contributed by atoms with Crippen LogP contribution in [0.3, 0.4) is 0 Å². The van der Waals surface area contributed by atoms with E-state index in [2.05, 4.69) is 15.9 Å². The van der Waals surface area contributed by atoms with Crippen LogP contribution >= 0.6 is 15.9 Å². The summed E-state index contributed by atoms with van der Waals surface area (Å²) >= 11 is 3.07. The molecule has 0 saturated heterocycles. The minimum Gasteiger partial charge on any atom is -0.479 e. The van der Waals surface area contributed by atoms with Crippen molar-refractivity contribution in [3.8, 4) is 0 Å². The topological polar surface area (TPSA) is 57.5 Å². The maximum Gasteiger partial charge on any atom is 0.335 e. The monoisotopic (exact) mass is 210 g/mol. The highest BCUT2D eigenvalue weighted by atomic mass is 79.9. The average molecular weight is 211 g/mol. The fourth-order valence-corrected chi connectivity index (χ4v) is 1.25. The van der Waals surface area contributed by atoms with Gasteiger partial charge in [0.15, 0.2) is 5.60 Å². The fraction of sp³-hybridized carbons (Fsp3) is 0.833. The molecule has 3 nitrogen and oxygen atoms in total. The van der Waals surface area contributed by atoms with Crippen LogP contribution in [0.2, 0.25) is 0 Å². The van der Waals surface area contributed by atoms with Crippen molar-refractivity contribution in [2.24, 2.45) is 0 Å². The molecule has 0 heterocycles.